The van der Waals surface area contributed by atoms with Crippen LogP contribution in [0.3, 0.4) is 0 Å². The van der Waals surface area contributed by atoms with Gasteiger partial charge in [-0.25, -0.2) is 0 Å². The maximum Gasteiger partial charge on any atom is 0.0181 e. The van der Waals surface area contributed by atoms with E-state index in [1.54, 1.807) is 0 Å². The second-order valence-electron chi connectivity index (χ2n) is 5.11. The molecule has 1 radical (unpaired) electrons. The van der Waals surface area contributed by atoms with E-state index in [-0.39, 0.29) is 0 Å². The lowest BCUT2D eigenvalue weighted by Crippen LogP contribution is -1.85. The van der Waals surface area contributed by atoms with Crippen LogP contribution in [0.25, 0.3) is 32.7 Å². The van der Waals surface area contributed by atoms with Gasteiger partial charge in [-0.15, -0.1) is 0 Å². The van der Waals surface area contributed by atoms with Crippen LogP contribution in [-0.2, 0) is 0 Å². The molecule has 0 spiro atoms. The van der Waals surface area contributed by atoms with Crippen molar-refractivity contribution in [3.63, 3.8) is 0 Å². The topological polar surface area (TPSA) is 0 Å². The average molecular weight is 332 g/mol. The first-order valence-corrected chi connectivity index (χ1v) is 7.70. The van der Waals surface area contributed by atoms with Crippen molar-refractivity contribution in [3.05, 3.63) is 83.3 Å². The van der Waals surface area contributed by atoms with Gasteiger partial charge in [0.2, 0.25) is 0 Å². The maximum atomic E-state index is 3.57. The van der Waals surface area contributed by atoms with E-state index in [9.17, 15) is 0 Å². The van der Waals surface area contributed by atoms with Crippen molar-refractivity contribution < 1.29 is 0 Å². The molecule has 4 aromatic rings. The number of hydrogen-bond donors (Lipinski definition) is 0. The molecule has 0 amide bonds. The van der Waals surface area contributed by atoms with Gasteiger partial charge in [0, 0.05) is 4.47 Å². The zero-order valence-corrected chi connectivity index (χ0v) is 12.9. The minimum atomic E-state index is 1.08. The summed E-state index contributed by atoms with van der Waals surface area (Å²) >= 11 is 3.57. The quantitative estimate of drug-likeness (QED) is 0.363. The van der Waals surface area contributed by atoms with E-state index in [1.807, 2.05) is 12.1 Å². The van der Waals surface area contributed by atoms with Crippen LogP contribution in [0.1, 0.15) is 0 Å². The summed E-state index contributed by atoms with van der Waals surface area (Å²) < 4.78 is 1.08. The van der Waals surface area contributed by atoms with Crippen LogP contribution < -0.4 is 0 Å². The molecule has 4 rings (SSSR count). The Labute approximate surface area is 132 Å². The first-order valence-electron chi connectivity index (χ1n) is 6.91. The minimum Gasteiger partial charge on any atom is -0.0616 e. The third-order valence-electron chi connectivity index (χ3n) is 3.80. The lowest BCUT2D eigenvalue weighted by atomic mass is 9.92. The molecule has 99 valence electrons. The van der Waals surface area contributed by atoms with Crippen LogP contribution >= 0.6 is 15.9 Å². The van der Waals surface area contributed by atoms with Crippen LogP contribution in [0.2, 0.25) is 0 Å². The fraction of sp³-hybridized carbons (Fsp3) is 0. The highest BCUT2D eigenvalue weighted by molar-refractivity contribution is 9.10. The Balaban J connectivity index is 2.21. The van der Waals surface area contributed by atoms with Crippen LogP contribution in [0, 0.1) is 6.07 Å². The Morgan fingerprint density at radius 3 is 1.95 bits per heavy atom. The Bertz CT molecular complexity index is 900. The van der Waals surface area contributed by atoms with Gasteiger partial charge in [-0.1, -0.05) is 70.5 Å². The van der Waals surface area contributed by atoms with E-state index >= 15 is 0 Å². The summed E-state index contributed by atoms with van der Waals surface area (Å²) in [4.78, 5) is 0. The van der Waals surface area contributed by atoms with E-state index in [1.165, 1.54) is 27.1 Å². The molecule has 0 heterocycles. The lowest BCUT2D eigenvalue weighted by Gasteiger charge is -2.12. The standard InChI is InChI=1S/C20H12Br/c21-17-9-5-8-16(13-17)20-18-10-3-1-6-14(18)12-15-7-2-4-11-19(15)20/h1-7,9-13H. The highest BCUT2D eigenvalue weighted by Gasteiger charge is 2.09. The summed E-state index contributed by atoms with van der Waals surface area (Å²) in [7, 11) is 0. The summed E-state index contributed by atoms with van der Waals surface area (Å²) in [5.74, 6) is 0. The number of halogens is 1. The fourth-order valence-electron chi connectivity index (χ4n) is 2.89. The molecule has 0 nitrogen and oxygen atoms in total. The molecule has 1 heteroatoms. The summed E-state index contributed by atoms with van der Waals surface area (Å²) in [5, 5.41) is 5.07. The molecule has 0 aliphatic heterocycles. The van der Waals surface area contributed by atoms with E-state index < -0.39 is 0 Å². The smallest absolute Gasteiger partial charge is 0.0181 e. The van der Waals surface area contributed by atoms with Gasteiger partial charge >= 0.3 is 0 Å². The van der Waals surface area contributed by atoms with Gasteiger partial charge in [0.15, 0.2) is 0 Å². The van der Waals surface area contributed by atoms with Gasteiger partial charge in [-0.2, -0.15) is 0 Å². The first-order chi connectivity index (χ1) is 10.3. The molecule has 0 bridgehead atoms. The minimum absolute atomic E-state index is 1.08. The molecule has 0 aliphatic carbocycles. The highest BCUT2D eigenvalue weighted by atomic mass is 79.9. The van der Waals surface area contributed by atoms with Crippen molar-refractivity contribution in [2.24, 2.45) is 0 Å². The van der Waals surface area contributed by atoms with Gasteiger partial charge in [0.25, 0.3) is 0 Å². The number of fused-ring (bicyclic) bond motifs is 2. The Morgan fingerprint density at radius 2 is 1.33 bits per heavy atom. The van der Waals surface area contributed by atoms with Crippen molar-refractivity contribution in [2.45, 2.75) is 0 Å². The van der Waals surface area contributed by atoms with Crippen LogP contribution in [0.4, 0.5) is 0 Å². The molecule has 0 atom stereocenters. The average Bonchev–Trinajstić information content (AvgIpc) is 2.52. The summed E-state index contributed by atoms with van der Waals surface area (Å²) in [6.07, 6.45) is 0. The van der Waals surface area contributed by atoms with E-state index in [4.69, 9.17) is 0 Å². The third-order valence-corrected chi connectivity index (χ3v) is 4.30. The number of hydrogen-bond acceptors (Lipinski definition) is 0. The third kappa shape index (κ3) is 2.14. The molecule has 0 fully saturated rings. The van der Waals surface area contributed by atoms with Crippen LogP contribution in [0.15, 0.2) is 77.3 Å². The van der Waals surface area contributed by atoms with Crippen molar-refractivity contribution in [3.8, 4) is 11.1 Å². The lowest BCUT2D eigenvalue weighted by molar-refractivity contribution is 1.62. The predicted octanol–water partition coefficient (Wildman–Crippen LogP) is 6.22. The molecular formula is C20H12Br. The molecule has 0 aliphatic rings. The van der Waals surface area contributed by atoms with Gasteiger partial charge in [0.05, 0.1) is 0 Å². The van der Waals surface area contributed by atoms with Crippen LogP contribution in [-0.4, -0.2) is 0 Å². The molecular weight excluding hydrogens is 320 g/mol. The number of benzene rings is 4. The van der Waals surface area contributed by atoms with Crippen LogP contribution in [0.5, 0.6) is 0 Å². The van der Waals surface area contributed by atoms with Crippen molar-refractivity contribution in [2.75, 3.05) is 0 Å². The Kier molecular flexibility index (Phi) is 3.01. The summed E-state index contributed by atoms with van der Waals surface area (Å²) in [6, 6.07) is 28.8. The van der Waals surface area contributed by atoms with E-state index in [0.717, 1.165) is 10.0 Å². The van der Waals surface area contributed by atoms with Crippen molar-refractivity contribution in [1.29, 1.82) is 0 Å². The Hall–Kier alpha value is -2.12. The normalized spacial score (nSPS) is 11.1. The SMILES string of the molecule is Brc1cc[c]c(-c2c3ccccc3cc3ccccc23)c1. The Morgan fingerprint density at radius 1 is 0.714 bits per heavy atom. The molecule has 0 aromatic heterocycles. The van der Waals surface area contributed by atoms with E-state index in [0.29, 0.717) is 0 Å². The van der Waals surface area contributed by atoms with Crippen molar-refractivity contribution >= 4 is 37.5 Å². The molecule has 0 N–H and O–H groups in total. The second-order valence-corrected chi connectivity index (χ2v) is 6.03. The zero-order chi connectivity index (χ0) is 14.2. The van der Waals surface area contributed by atoms with Gasteiger partial charge in [-0.3, -0.25) is 0 Å². The molecule has 0 saturated carbocycles. The monoisotopic (exact) mass is 331 g/mol. The molecule has 4 aromatic carbocycles. The number of rotatable bonds is 1. The highest BCUT2D eigenvalue weighted by Crippen LogP contribution is 2.36. The van der Waals surface area contributed by atoms with Gasteiger partial charge in [-0.05, 0) is 56.9 Å². The van der Waals surface area contributed by atoms with Crippen molar-refractivity contribution in [1.82, 2.24) is 0 Å². The second kappa shape index (κ2) is 5.01. The zero-order valence-electron chi connectivity index (χ0n) is 11.3. The summed E-state index contributed by atoms with van der Waals surface area (Å²) in [5.41, 5.74) is 2.38. The van der Waals surface area contributed by atoms with Gasteiger partial charge in [0.1, 0.15) is 0 Å². The predicted molar refractivity (Wildman–Crippen MR) is 93.4 cm³/mol. The van der Waals surface area contributed by atoms with E-state index in [2.05, 4.69) is 82.7 Å². The maximum absolute atomic E-state index is 3.57. The van der Waals surface area contributed by atoms with Gasteiger partial charge < -0.3 is 0 Å². The largest absolute Gasteiger partial charge is 0.0616 e. The fourth-order valence-corrected chi connectivity index (χ4v) is 3.25. The molecule has 21 heavy (non-hydrogen) atoms. The molecule has 0 saturated heterocycles. The summed E-state index contributed by atoms with van der Waals surface area (Å²) in [6.45, 7) is 0. The molecule has 0 unspecified atom stereocenters. The first kappa shape index (κ1) is 12.6.